The molecule has 0 bridgehead atoms. The second kappa shape index (κ2) is 3.39. The Kier molecular flexibility index (Phi) is 2.48. The summed E-state index contributed by atoms with van der Waals surface area (Å²) in [7, 11) is 0. The molecule has 0 aromatic carbocycles. The lowest BCUT2D eigenvalue weighted by atomic mass is 10.2. The molecule has 64 valence electrons. The summed E-state index contributed by atoms with van der Waals surface area (Å²) in [6.45, 7) is 9.76. The summed E-state index contributed by atoms with van der Waals surface area (Å²) in [4.78, 5) is 0. The average Bonchev–Trinajstić information content (AvgIpc) is 2.33. The average molecular weight is 162 g/mol. The summed E-state index contributed by atoms with van der Waals surface area (Å²) < 4.78 is 1.80. The Balaban J connectivity index is 3.30. The molecule has 0 N–H and O–H groups in total. The van der Waals surface area contributed by atoms with Crippen LogP contribution in [0.25, 0.3) is 12.3 Å². The Morgan fingerprint density at radius 3 is 2.58 bits per heavy atom. The first-order valence-corrected chi connectivity index (χ1v) is 4.01. The van der Waals surface area contributed by atoms with E-state index in [4.69, 9.17) is 0 Å². The number of hydrogen-bond acceptors (Lipinski definition) is 1. The molecule has 0 aliphatic carbocycles. The monoisotopic (exact) mass is 162 g/mol. The maximum Gasteiger partial charge on any atom is 0.0689 e. The summed E-state index contributed by atoms with van der Waals surface area (Å²) in [5.74, 6) is 0. The Morgan fingerprint density at radius 1 is 1.42 bits per heavy atom. The molecule has 0 unspecified atom stereocenters. The molecule has 0 saturated carbocycles. The summed E-state index contributed by atoms with van der Waals surface area (Å²) in [6, 6.07) is 0. The van der Waals surface area contributed by atoms with Crippen molar-refractivity contribution in [2.24, 2.45) is 0 Å². The van der Waals surface area contributed by atoms with Gasteiger partial charge in [0, 0.05) is 6.20 Å². The smallest absolute Gasteiger partial charge is 0.0689 e. The Morgan fingerprint density at radius 2 is 2.08 bits per heavy atom. The van der Waals surface area contributed by atoms with Gasteiger partial charge in [-0.15, -0.1) is 0 Å². The van der Waals surface area contributed by atoms with Crippen LogP contribution < -0.4 is 0 Å². The van der Waals surface area contributed by atoms with E-state index >= 15 is 0 Å². The van der Waals surface area contributed by atoms with E-state index < -0.39 is 0 Å². The summed E-state index contributed by atoms with van der Waals surface area (Å²) >= 11 is 0. The van der Waals surface area contributed by atoms with Gasteiger partial charge in [0.2, 0.25) is 0 Å². The fraction of sp³-hybridized carbons (Fsp3) is 0.300. The van der Waals surface area contributed by atoms with Crippen molar-refractivity contribution in [2.75, 3.05) is 0 Å². The van der Waals surface area contributed by atoms with Gasteiger partial charge in [0.1, 0.15) is 0 Å². The van der Waals surface area contributed by atoms with Crippen molar-refractivity contribution in [3.63, 3.8) is 0 Å². The first-order chi connectivity index (χ1) is 5.70. The van der Waals surface area contributed by atoms with Gasteiger partial charge in [0.05, 0.1) is 11.4 Å². The molecular weight excluding hydrogens is 148 g/mol. The fourth-order valence-electron chi connectivity index (χ4n) is 1.15. The van der Waals surface area contributed by atoms with Gasteiger partial charge >= 0.3 is 0 Å². The largest absolute Gasteiger partial charge is 0.241 e. The number of allylic oxidation sites excluding steroid dienone is 1. The standard InChI is InChI=1S/C10H14N2/c1-5-7-10-8(3)9(4)11-12(10)6-2/h5-7H,2H2,1,3-4H3/b7-5-. The first kappa shape index (κ1) is 8.78. The van der Waals surface area contributed by atoms with Crippen molar-refractivity contribution in [3.05, 3.63) is 29.6 Å². The normalized spacial score (nSPS) is 10.9. The van der Waals surface area contributed by atoms with Crippen LogP contribution in [0.15, 0.2) is 12.7 Å². The molecule has 2 heteroatoms. The van der Waals surface area contributed by atoms with Crippen LogP contribution in [0, 0.1) is 13.8 Å². The van der Waals surface area contributed by atoms with E-state index in [1.807, 2.05) is 26.0 Å². The maximum absolute atomic E-state index is 4.29. The van der Waals surface area contributed by atoms with E-state index in [0.29, 0.717) is 0 Å². The molecule has 0 saturated heterocycles. The zero-order valence-electron chi connectivity index (χ0n) is 7.83. The molecule has 0 aliphatic heterocycles. The number of hydrogen-bond donors (Lipinski definition) is 0. The molecule has 0 aliphatic rings. The van der Waals surface area contributed by atoms with Crippen molar-refractivity contribution in [1.29, 1.82) is 0 Å². The zero-order valence-corrected chi connectivity index (χ0v) is 7.83. The minimum atomic E-state index is 1.06. The molecular formula is C10H14N2. The molecule has 0 radical (unpaired) electrons. The Labute approximate surface area is 73.2 Å². The van der Waals surface area contributed by atoms with Crippen LogP contribution in [-0.4, -0.2) is 9.78 Å². The van der Waals surface area contributed by atoms with Crippen molar-refractivity contribution in [1.82, 2.24) is 9.78 Å². The van der Waals surface area contributed by atoms with Gasteiger partial charge in [-0.05, 0) is 32.4 Å². The first-order valence-electron chi connectivity index (χ1n) is 4.01. The molecule has 0 spiro atoms. The van der Waals surface area contributed by atoms with Crippen LogP contribution in [0.2, 0.25) is 0 Å². The second-order valence-corrected chi connectivity index (χ2v) is 2.72. The number of aromatic nitrogens is 2. The predicted molar refractivity (Wildman–Crippen MR) is 52.8 cm³/mol. The maximum atomic E-state index is 4.29. The third-order valence-corrected chi connectivity index (χ3v) is 1.93. The number of aryl methyl sites for hydroxylation is 1. The summed E-state index contributed by atoms with van der Waals surface area (Å²) in [5.41, 5.74) is 3.39. The lowest BCUT2D eigenvalue weighted by Gasteiger charge is -1.95. The van der Waals surface area contributed by atoms with E-state index in [0.717, 1.165) is 11.4 Å². The van der Waals surface area contributed by atoms with Gasteiger partial charge in [0.15, 0.2) is 0 Å². The van der Waals surface area contributed by atoms with Gasteiger partial charge in [-0.1, -0.05) is 12.7 Å². The molecule has 12 heavy (non-hydrogen) atoms. The predicted octanol–water partition coefficient (Wildman–Crippen LogP) is 2.63. The van der Waals surface area contributed by atoms with E-state index in [2.05, 4.69) is 18.6 Å². The van der Waals surface area contributed by atoms with Crippen LogP contribution in [0.5, 0.6) is 0 Å². The van der Waals surface area contributed by atoms with Crippen molar-refractivity contribution >= 4 is 12.3 Å². The van der Waals surface area contributed by atoms with E-state index in [9.17, 15) is 0 Å². The van der Waals surface area contributed by atoms with Crippen LogP contribution in [0.1, 0.15) is 23.9 Å². The highest BCUT2D eigenvalue weighted by atomic mass is 15.3. The lowest BCUT2D eigenvalue weighted by molar-refractivity contribution is 0.905. The molecule has 1 aromatic heterocycles. The molecule has 1 aromatic rings. The van der Waals surface area contributed by atoms with Crippen LogP contribution >= 0.6 is 0 Å². The summed E-state index contributed by atoms with van der Waals surface area (Å²) in [5, 5.41) is 4.29. The minimum absolute atomic E-state index is 1.06. The van der Waals surface area contributed by atoms with Gasteiger partial charge in [-0.25, -0.2) is 4.68 Å². The Hall–Kier alpha value is -1.31. The quantitative estimate of drug-likeness (QED) is 0.653. The van der Waals surface area contributed by atoms with E-state index in [1.165, 1.54) is 5.56 Å². The third kappa shape index (κ3) is 1.33. The fourth-order valence-corrected chi connectivity index (χ4v) is 1.15. The highest BCUT2D eigenvalue weighted by Crippen LogP contribution is 2.13. The van der Waals surface area contributed by atoms with Gasteiger partial charge in [-0.2, -0.15) is 5.10 Å². The minimum Gasteiger partial charge on any atom is -0.241 e. The summed E-state index contributed by atoms with van der Waals surface area (Å²) in [6.07, 6.45) is 5.76. The molecule has 1 heterocycles. The van der Waals surface area contributed by atoms with Crippen LogP contribution in [-0.2, 0) is 0 Å². The highest BCUT2D eigenvalue weighted by Gasteiger charge is 2.05. The molecule has 0 amide bonds. The van der Waals surface area contributed by atoms with Gasteiger partial charge < -0.3 is 0 Å². The third-order valence-electron chi connectivity index (χ3n) is 1.93. The molecule has 2 nitrogen and oxygen atoms in total. The van der Waals surface area contributed by atoms with Crippen LogP contribution in [0.4, 0.5) is 0 Å². The topological polar surface area (TPSA) is 17.8 Å². The van der Waals surface area contributed by atoms with Crippen LogP contribution in [0.3, 0.4) is 0 Å². The molecule has 0 fully saturated rings. The lowest BCUT2D eigenvalue weighted by Crippen LogP contribution is -1.90. The second-order valence-electron chi connectivity index (χ2n) is 2.72. The SMILES string of the molecule is C=Cn1nc(C)c(C)c1/C=C\C. The van der Waals surface area contributed by atoms with E-state index in [-0.39, 0.29) is 0 Å². The van der Waals surface area contributed by atoms with Crippen molar-refractivity contribution in [3.8, 4) is 0 Å². The van der Waals surface area contributed by atoms with E-state index in [1.54, 1.807) is 10.9 Å². The molecule has 0 atom stereocenters. The number of nitrogens with zero attached hydrogens (tertiary/aromatic N) is 2. The highest BCUT2D eigenvalue weighted by molar-refractivity contribution is 5.53. The Bertz CT molecular complexity index is 319. The van der Waals surface area contributed by atoms with Gasteiger partial charge in [-0.3, -0.25) is 0 Å². The van der Waals surface area contributed by atoms with Crippen molar-refractivity contribution < 1.29 is 0 Å². The van der Waals surface area contributed by atoms with Gasteiger partial charge in [0.25, 0.3) is 0 Å². The zero-order chi connectivity index (χ0) is 9.14. The number of rotatable bonds is 2. The van der Waals surface area contributed by atoms with Crippen molar-refractivity contribution in [2.45, 2.75) is 20.8 Å². The molecule has 1 rings (SSSR count).